The second-order valence-corrected chi connectivity index (χ2v) is 6.42. The van der Waals surface area contributed by atoms with Crippen molar-refractivity contribution in [1.82, 2.24) is 5.32 Å². The predicted molar refractivity (Wildman–Crippen MR) is 99.8 cm³/mol. The summed E-state index contributed by atoms with van der Waals surface area (Å²) < 4.78 is 15.7. The van der Waals surface area contributed by atoms with Gasteiger partial charge in [-0.25, -0.2) is 0 Å². The summed E-state index contributed by atoms with van der Waals surface area (Å²) >= 11 is 1.49. The molecule has 0 bridgehead atoms. The Kier molecular flexibility index (Phi) is 7.01. The fourth-order valence-electron chi connectivity index (χ4n) is 2.31. The first-order valence-corrected chi connectivity index (χ1v) is 8.84. The second-order valence-electron chi connectivity index (χ2n) is 5.37. The lowest BCUT2D eigenvalue weighted by atomic mass is 10.1. The van der Waals surface area contributed by atoms with Crippen molar-refractivity contribution in [2.45, 2.75) is 17.9 Å². The van der Waals surface area contributed by atoms with Crippen molar-refractivity contribution in [2.24, 2.45) is 0 Å². The summed E-state index contributed by atoms with van der Waals surface area (Å²) in [5, 5.41) is 3.00. The number of carbonyl (C=O) groups excluding carboxylic acids is 1. The molecule has 0 radical (unpaired) electrons. The van der Waals surface area contributed by atoms with E-state index >= 15 is 0 Å². The average molecular weight is 361 g/mol. The van der Waals surface area contributed by atoms with E-state index in [1.807, 2.05) is 49.4 Å². The molecule has 6 heteroatoms. The standard InChI is InChI=1S/C19H23NO4S/c1-13(14-5-10-17(23-3)18(11-14)24-4)20-19(21)12-25-16-8-6-15(22-2)7-9-16/h5-11,13H,12H2,1-4H3,(H,20,21). The topological polar surface area (TPSA) is 56.8 Å². The molecule has 0 aliphatic carbocycles. The van der Waals surface area contributed by atoms with Gasteiger partial charge in [0.05, 0.1) is 33.1 Å². The zero-order valence-electron chi connectivity index (χ0n) is 14.9. The van der Waals surface area contributed by atoms with Gasteiger partial charge in [-0.1, -0.05) is 6.07 Å². The molecule has 0 spiro atoms. The average Bonchev–Trinajstić information content (AvgIpc) is 2.66. The third kappa shape index (κ3) is 5.32. The Balaban J connectivity index is 1.90. The summed E-state index contributed by atoms with van der Waals surface area (Å²) in [6.45, 7) is 1.94. The molecular weight excluding hydrogens is 338 g/mol. The van der Waals surface area contributed by atoms with E-state index in [1.165, 1.54) is 11.8 Å². The number of amides is 1. The highest BCUT2D eigenvalue weighted by atomic mass is 32.2. The first kappa shape index (κ1) is 19.0. The van der Waals surface area contributed by atoms with Crippen LogP contribution in [0.2, 0.25) is 0 Å². The molecule has 1 N–H and O–H groups in total. The van der Waals surface area contributed by atoms with Crippen molar-refractivity contribution in [3.63, 3.8) is 0 Å². The van der Waals surface area contributed by atoms with Crippen LogP contribution in [0.4, 0.5) is 0 Å². The van der Waals surface area contributed by atoms with Crippen LogP contribution < -0.4 is 19.5 Å². The first-order chi connectivity index (χ1) is 12.1. The van der Waals surface area contributed by atoms with Gasteiger partial charge in [0.25, 0.3) is 0 Å². The van der Waals surface area contributed by atoms with Gasteiger partial charge < -0.3 is 19.5 Å². The normalized spacial score (nSPS) is 11.5. The first-order valence-electron chi connectivity index (χ1n) is 7.85. The molecule has 0 aliphatic heterocycles. The van der Waals surface area contributed by atoms with E-state index < -0.39 is 0 Å². The monoisotopic (exact) mass is 361 g/mol. The van der Waals surface area contributed by atoms with E-state index in [9.17, 15) is 4.79 Å². The number of nitrogens with one attached hydrogen (secondary N) is 1. The van der Waals surface area contributed by atoms with E-state index in [0.717, 1.165) is 16.2 Å². The third-order valence-electron chi connectivity index (χ3n) is 3.71. The summed E-state index contributed by atoms with van der Waals surface area (Å²) in [6, 6.07) is 13.2. The second kappa shape index (κ2) is 9.22. The minimum atomic E-state index is -0.122. The molecule has 25 heavy (non-hydrogen) atoms. The molecule has 0 saturated heterocycles. The van der Waals surface area contributed by atoms with Crippen molar-refractivity contribution < 1.29 is 19.0 Å². The molecule has 1 amide bonds. The minimum Gasteiger partial charge on any atom is -0.497 e. The number of rotatable bonds is 8. The summed E-state index contributed by atoms with van der Waals surface area (Å²) in [5.74, 6) is 2.44. The SMILES string of the molecule is COc1ccc(SCC(=O)NC(C)c2ccc(OC)c(OC)c2)cc1. The van der Waals surface area contributed by atoms with Gasteiger partial charge in [-0.3, -0.25) is 4.79 Å². The van der Waals surface area contributed by atoms with Crippen LogP contribution in [-0.4, -0.2) is 33.0 Å². The van der Waals surface area contributed by atoms with Crippen molar-refractivity contribution in [3.8, 4) is 17.2 Å². The molecular formula is C19H23NO4S. The van der Waals surface area contributed by atoms with Gasteiger partial charge in [0.2, 0.25) is 5.91 Å². The maximum atomic E-state index is 12.2. The van der Waals surface area contributed by atoms with E-state index in [2.05, 4.69) is 5.32 Å². The Morgan fingerprint density at radius 1 is 1.00 bits per heavy atom. The van der Waals surface area contributed by atoms with Gasteiger partial charge >= 0.3 is 0 Å². The number of hydrogen-bond acceptors (Lipinski definition) is 5. The molecule has 1 unspecified atom stereocenters. The Morgan fingerprint density at radius 3 is 2.28 bits per heavy atom. The molecule has 0 heterocycles. The fraction of sp³-hybridized carbons (Fsp3) is 0.316. The molecule has 1 atom stereocenters. The number of hydrogen-bond donors (Lipinski definition) is 1. The van der Waals surface area contributed by atoms with Gasteiger partial charge in [0.15, 0.2) is 11.5 Å². The summed E-state index contributed by atoms with van der Waals surface area (Å²) in [4.78, 5) is 13.2. The molecule has 0 aromatic heterocycles. The minimum absolute atomic E-state index is 0.0249. The van der Waals surface area contributed by atoms with E-state index in [-0.39, 0.29) is 11.9 Å². The third-order valence-corrected chi connectivity index (χ3v) is 4.73. The maximum absolute atomic E-state index is 12.2. The van der Waals surface area contributed by atoms with Gasteiger partial charge in [-0.15, -0.1) is 11.8 Å². The molecule has 5 nitrogen and oxygen atoms in total. The number of methoxy groups -OCH3 is 3. The van der Waals surface area contributed by atoms with Crippen LogP contribution in [0.5, 0.6) is 17.2 Å². The summed E-state index contributed by atoms with van der Waals surface area (Å²) in [5.41, 5.74) is 0.959. The van der Waals surface area contributed by atoms with Crippen molar-refractivity contribution in [1.29, 1.82) is 0 Å². The largest absolute Gasteiger partial charge is 0.497 e. The number of carbonyl (C=O) groups is 1. The Bertz CT molecular complexity index is 703. The van der Waals surface area contributed by atoms with Crippen molar-refractivity contribution in [2.75, 3.05) is 27.1 Å². The number of ether oxygens (including phenoxy) is 3. The molecule has 0 saturated carbocycles. The smallest absolute Gasteiger partial charge is 0.230 e. The van der Waals surface area contributed by atoms with E-state index in [0.29, 0.717) is 17.3 Å². The maximum Gasteiger partial charge on any atom is 0.230 e. The molecule has 2 aromatic carbocycles. The Labute approximate surface area is 152 Å². The highest BCUT2D eigenvalue weighted by Gasteiger charge is 2.13. The quantitative estimate of drug-likeness (QED) is 0.727. The van der Waals surface area contributed by atoms with Crippen molar-refractivity contribution in [3.05, 3.63) is 48.0 Å². The highest BCUT2D eigenvalue weighted by Crippen LogP contribution is 2.30. The van der Waals surface area contributed by atoms with Crippen LogP contribution in [0.15, 0.2) is 47.4 Å². The van der Waals surface area contributed by atoms with Gasteiger partial charge in [-0.2, -0.15) is 0 Å². The van der Waals surface area contributed by atoms with E-state index in [1.54, 1.807) is 21.3 Å². The zero-order chi connectivity index (χ0) is 18.2. The fourth-order valence-corrected chi connectivity index (χ4v) is 3.02. The molecule has 0 fully saturated rings. The van der Waals surface area contributed by atoms with Crippen LogP contribution in [0.1, 0.15) is 18.5 Å². The van der Waals surface area contributed by atoms with Crippen LogP contribution in [0.3, 0.4) is 0 Å². The van der Waals surface area contributed by atoms with Crippen LogP contribution in [0, 0.1) is 0 Å². The highest BCUT2D eigenvalue weighted by molar-refractivity contribution is 8.00. The van der Waals surface area contributed by atoms with Crippen LogP contribution in [0.25, 0.3) is 0 Å². The lowest BCUT2D eigenvalue weighted by Crippen LogP contribution is -2.28. The lowest BCUT2D eigenvalue weighted by Gasteiger charge is -2.16. The van der Waals surface area contributed by atoms with Gasteiger partial charge in [-0.05, 0) is 48.9 Å². The molecule has 2 rings (SSSR count). The van der Waals surface area contributed by atoms with Crippen molar-refractivity contribution >= 4 is 17.7 Å². The van der Waals surface area contributed by atoms with Gasteiger partial charge in [0, 0.05) is 4.90 Å². The van der Waals surface area contributed by atoms with Crippen LogP contribution in [-0.2, 0) is 4.79 Å². The van der Waals surface area contributed by atoms with Crippen LogP contribution >= 0.6 is 11.8 Å². The Hall–Kier alpha value is -2.34. The molecule has 2 aromatic rings. The Morgan fingerprint density at radius 2 is 1.68 bits per heavy atom. The summed E-state index contributed by atoms with van der Waals surface area (Å²) in [7, 11) is 4.82. The predicted octanol–water partition coefficient (Wildman–Crippen LogP) is 3.68. The zero-order valence-corrected chi connectivity index (χ0v) is 15.7. The van der Waals surface area contributed by atoms with E-state index in [4.69, 9.17) is 14.2 Å². The molecule has 134 valence electrons. The lowest BCUT2D eigenvalue weighted by molar-refractivity contribution is -0.119. The molecule has 0 aliphatic rings. The summed E-state index contributed by atoms with van der Waals surface area (Å²) in [6.07, 6.45) is 0. The van der Waals surface area contributed by atoms with Gasteiger partial charge in [0.1, 0.15) is 5.75 Å². The number of thioether (sulfide) groups is 1. The number of benzene rings is 2.